The van der Waals surface area contributed by atoms with Gasteiger partial charge in [0.1, 0.15) is 17.3 Å². The third-order valence-corrected chi connectivity index (χ3v) is 7.36. The van der Waals surface area contributed by atoms with Crippen molar-refractivity contribution in [2.24, 2.45) is 0 Å². The number of alkyl halides is 3. The highest BCUT2D eigenvalue weighted by Gasteiger charge is 2.37. The molecule has 2 aliphatic rings. The van der Waals surface area contributed by atoms with E-state index in [1.54, 1.807) is 6.20 Å². The Morgan fingerprint density at radius 2 is 1.76 bits per heavy atom. The second kappa shape index (κ2) is 10.1. The van der Waals surface area contributed by atoms with Crippen molar-refractivity contribution in [1.29, 1.82) is 0 Å². The number of hydrogen-bond donors (Lipinski definition) is 2. The quantitative estimate of drug-likeness (QED) is 0.264. The molecule has 1 aliphatic carbocycles. The summed E-state index contributed by atoms with van der Waals surface area (Å²) in [6.07, 6.45) is -1.72. The van der Waals surface area contributed by atoms with Crippen LogP contribution in [0.4, 0.5) is 27.6 Å². The van der Waals surface area contributed by atoms with Crippen LogP contribution in [0, 0.1) is 11.6 Å². The normalized spacial score (nSPS) is 16.2. The molecule has 42 heavy (non-hydrogen) atoms. The lowest BCUT2D eigenvalue weighted by Gasteiger charge is -2.19. The third kappa shape index (κ3) is 5.13. The Labute approximate surface area is 239 Å². The summed E-state index contributed by atoms with van der Waals surface area (Å²) in [4.78, 5) is 43.2. The number of fused-ring (bicyclic) bond motifs is 1. The third-order valence-electron chi connectivity index (χ3n) is 7.02. The molecule has 13 heteroatoms. The average Bonchev–Trinajstić information content (AvgIpc) is 3.72. The Kier molecular flexibility index (Phi) is 6.60. The maximum Gasteiger partial charge on any atom is 0.416 e. The number of carbonyl (C=O) groups excluding carboxylic acids is 2. The Balaban J connectivity index is 1.50. The minimum absolute atomic E-state index is 0.0182. The van der Waals surface area contributed by atoms with E-state index in [0.29, 0.717) is 17.7 Å². The first-order valence-corrected chi connectivity index (χ1v) is 13.0. The number of hydrogen-bond acceptors (Lipinski definition) is 4. The highest BCUT2D eigenvalue weighted by atomic mass is 35.5. The van der Waals surface area contributed by atoms with E-state index in [4.69, 9.17) is 11.6 Å². The summed E-state index contributed by atoms with van der Waals surface area (Å²) in [6.45, 7) is 0. The Bertz CT molecular complexity index is 1850. The molecule has 1 atom stereocenters. The van der Waals surface area contributed by atoms with Gasteiger partial charge in [-0.1, -0.05) is 11.6 Å². The van der Waals surface area contributed by atoms with Gasteiger partial charge in [0.15, 0.2) is 0 Å². The average molecular weight is 601 g/mol. The summed E-state index contributed by atoms with van der Waals surface area (Å²) in [7, 11) is 0. The van der Waals surface area contributed by atoms with E-state index < -0.39 is 46.8 Å². The molecule has 2 N–H and O–H groups in total. The van der Waals surface area contributed by atoms with Gasteiger partial charge in [0, 0.05) is 45.6 Å². The molecule has 1 unspecified atom stereocenters. The molecule has 3 heterocycles. The number of anilines is 1. The highest BCUT2D eigenvalue weighted by Crippen LogP contribution is 2.41. The van der Waals surface area contributed by atoms with E-state index in [0.717, 1.165) is 25.0 Å². The predicted octanol–water partition coefficient (Wildman–Crippen LogP) is 6.28. The maximum atomic E-state index is 14.2. The van der Waals surface area contributed by atoms with Crippen molar-refractivity contribution in [3.05, 3.63) is 116 Å². The molecule has 2 aromatic heterocycles. The fraction of sp³-hybridized carbons (Fsp3) is 0.172. The maximum absolute atomic E-state index is 14.2. The van der Waals surface area contributed by atoms with E-state index in [2.05, 4.69) is 15.6 Å². The standard InChI is InChI=1S/C29H18ClF5N4O3/c30-20-5-2-16(31)10-19(20)25-24-22(37-27(41)14-7-15(29(33,34)35)9-17(32)8-14)11-21(36-26(24)28(42)38-25)13-1-6-23(40)39(12-13)18-3-4-18/h1-2,5-12,18,25H,3-4H2,(H,38,42)(H,36,37,41). The number of nitrogens with one attached hydrogen (secondary N) is 2. The molecule has 2 amide bonds. The summed E-state index contributed by atoms with van der Waals surface area (Å²) in [5.74, 6) is -3.73. The minimum atomic E-state index is -4.91. The van der Waals surface area contributed by atoms with Crippen molar-refractivity contribution in [3.63, 3.8) is 0 Å². The van der Waals surface area contributed by atoms with Crippen LogP contribution in [0.5, 0.6) is 0 Å². The number of nitrogens with zero attached hydrogens (tertiary/aromatic N) is 2. The molecule has 1 fully saturated rings. The minimum Gasteiger partial charge on any atom is -0.340 e. The first-order valence-electron chi connectivity index (χ1n) is 12.6. The van der Waals surface area contributed by atoms with Gasteiger partial charge in [-0.05, 0) is 61.4 Å². The van der Waals surface area contributed by atoms with Gasteiger partial charge >= 0.3 is 6.18 Å². The van der Waals surface area contributed by atoms with Crippen molar-refractivity contribution >= 4 is 29.1 Å². The Hall–Kier alpha value is -4.58. The van der Waals surface area contributed by atoms with Crippen LogP contribution in [0.15, 0.2) is 65.6 Å². The molecule has 2 aromatic carbocycles. The number of rotatable bonds is 5. The van der Waals surface area contributed by atoms with Crippen LogP contribution >= 0.6 is 11.6 Å². The van der Waals surface area contributed by atoms with Crippen LogP contribution in [-0.2, 0) is 6.18 Å². The number of halogens is 6. The summed E-state index contributed by atoms with van der Waals surface area (Å²) >= 11 is 6.31. The van der Waals surface area contributed by atoms with Crippen molar-refractivity contribution in [1.82, 2.24) is 14.9 Å². The topological polar surface area (TPSA) is 93.1 Å². The van der Waals surface area contributed by atoms with Crippen molar-refractivity contribution in [2.75, 3.05) is 5.32 Å². The largest absolute Gasteiger partial charge is 0.416 e. The molecule has 0 saturated heterocycles. The fourth-order valence-corrected chi connectivity index (χ4v) is 5.11. The number of amides is 2. The molecule has 0 spiro atoms. The van der Waals surface area contributed by atoms with Gasteiger partial charge in [-0.15, -0.1) is 0 Å². The van der Waals surface area contributed by atoms with Crippen molar-refractivity contribution in [2.45, 2.75) is 31.1 Å². The fourth-order valence-electron chi connectivity index (χ4n) is 4.88. The molecule has 1 saturated carbocycles. The lowest BCUT2D eigenvalue weighted by molar-refractivity contribution is -0.137. The van der Waals surface area contributed by atoms with Crippen LogP contribution in [0.25, 0.3) is 11.3 Å². The van der Waals surface area contributed by atoms with Crippen LogP contribution in [-0.4, -0.2) is 21.4 Å². The monoisotopic (exact) mass is 600 g/mol. The van der Waals surface area contributed by atoms with Crippen LogP contribution < -0.4 is 16.2 Å². The van der Waals surface area contributed by atoms with E-state index in [-0.39, 0.29) is 50.9 Å². The molecule has 0 radical (unpaired) electrons. The van der Waals surface area contributed by atoms with Gasteiger partial charge in [0.25, 0.3) is 17.4 Å². The summed E-state index contributed by atoms with van der Waals surface area (Å²) in [6, 6.07) is 8.01. The predicted molar refractivity (Wildman–Crippen MR) is 142 cm³/mol. The Morgan fingerprint density at radius 1 is 1.00 bits per heavy atom. The zero-order valence-corrected chi connectivity index (χ0v) is 22.0. The zero-order chi connectivity index (χ0) is 29.9. The van der Waals surface area contributed by atoms with Crippen molar-refractivity contribution < 1.29 is 31.5 Å². The number of pyridine rings is 2. The molecule has 6 rings (SSSR count). The van der Waals surface area contributed by atoms with E-state index in [1.165, 1.54) is 28.8 Å². The molecule has 7 nitrogen and oxygen atoms in total. The molecular formula is C29H18ClF5N4O3. The summed E-state index contributed by atoms with van der Waals surface area (Å²) in [5, 5.41) is 5.22. The van der Waals surface area contributed by atoms with Gasteiger partial charge in [-0.25, -0.2) is 13.8 Å². The molecule has 4 aromatic rings. The van der Waals surface area contributed by atoms with Crippen LogP contribution in [0.1, 0.15) is 62.5 Å². The zero-order valence-electron chi connectivity index (χ0n) is 21.2. The second-order valence-corrected chi connectivity index (χ2v) is 10.4. The summed E-state index contributed by atoms with van der Waals surface area (Å²) in [5.41, 5.74) is -1.65. The van der Waals surface area contributed by atoms with Crippen LogP contribution in [0.3, 0.4) is 0 Å². The first kappa shape index (κ1) is 27.6. The SMILES string of the molecule is O=C(Nc1cc(-c2ccc(=O)n(C3CC3)c2)nc2c1C(c1cc(F)ccc1Cl)NC2=O)c1cc(F)cc(C(F)(F)F)c1. The molecule has 0 bridgehead atoms. The molecular weight excluding hydrogens is 583 g/mol. The van der Waals surface area contributed by atoms with Gasteiger partial charge < -0.3 is 15.2 Å². The second-order valence-electron chi connectivity index (χ2n) is 9.96. The van der Waals surface area contributed by atoms with Gasteiger partial charge in [0.05, 0.1) is 23.0 Å². The van der Waals surface area contributed by atoms with E-state index >= 15 is 0 Å². The lowest BCUT2D eigenvalue weighted by atomic mass is 9.97. The van der Waals surface area contributed by atoms with Gasteiger partial charge in [-0.2, -0.15) is 13.2 Å². The molecule has 1 aliphatic heterocycles. The lowest BCUT2D eigenvalue weighted by Crippen LogP contribution is -2.21. The van der Waals surface area contributed by atoms with Gasteiger partial charge in [0.2, 0.25) is 0 Å². The first-order chi connectivity index (χ1) is 19.9. The number of aromatic nitrogens is 2. The summed E-state index contributed by atoms with van der Waals surface area (Å²) < 4.78 is 69.8. The van der Waals surface area contributed by atoms with E-state index in [1.807, 2.05) is 0 Å². The highest BCUT2D eigenvalue weighted by molar-refractivity contribution is 6.31. The smallest absolute Gasteiger partial charge is 0.340 e. The number of benzene rings is 2. The number of carbonyl (C=O) groups is 2. The molecule has 214 valence electrons. The van der Waals surface area contributed by atoms with Crippen molar-refractivity contribution in [3.8, 4) is 11.3 Å². The van der Waals surface area contributed by atoms with E-state index in [9.17, 15) is 36.3 Å². The Morgan fingerprint density at radius 3 is 2.48 bits per heavy atom. The van der Waals surface area contributed by atoms with Gasteiger partial charge in [-0.3, -0.25) is 14.4 Å². The van der Waals surface area contributed by atoms with Crippen LogP contribution in [0.2, 0.25) is 5.02 Å².